The van der Waals surface area contributed by atoms with Crippen LogP contribution in [-0.4, -0.2) is 28.4 Å². The monoisotopic (exact) mass is 306 g/mol. The van der Waals surface area contributed by atoms with E-state index >= 15 is 0 Å². The molecule has 0 heterocycles. The molecule has 0 saturated carbocycles. The van der Waals surface area contributed by atoms with E-state index in [2.05, 4.69) is 10.6 Å². The first-order valence-corrected chi connectivity index (χ1v) is 7.92. The molecule has 1 aromatic carbocycles. The van der Waals surface area contributed by atoms with Gasteiger partial charge in [0.2, 0.25) is 0 Å². The molecular weight excluding hydrogens is 280 g/mol. The van der Waals surface area contributed by atoms with Crippen molar-refractivity contribution in [2.45, 2.75) is 51.7 Å². The van der Waals surface area contributed by atoms with E-state index in [0.717, 1.165) is 30.4 Å². The number of carbonyl (C=O) groups excluding carboxylic acids is 1. The van der Waals surface area contributed by atoms with Crippen molar-refractivity contribution in [3.63, 3.8) is 0 Å². The number of nitrogens with one attached hydrogen (secondary N) is 2. The van der Waals surface area contributed by atoms with Gasteiger partial charge in [0.1, 0.15) is 5.75 Å². The first-order valence-electron chi connectivity index (χ1n) is 7.92. The Morgan fingerprint density at radius 1 is 1.50 bits per heavy atom. The Kier molecular flexibility index (Phi) is 4.96. The molecule has 4 N–H and O–H groups in total. The zero-order valence-electron chi connectivity index (χ0n) is 13.5. The minimum Gasteiger partial charge on any atom is -0.508 e. The van der Waals surface area contributed by atoms with Crippen molar-refractivity contribution < 1.29 is 15.0 Å². The minimum atomic E-state index is -0.919. The molecule has 1 aromatic rings. The van der Waals surface area contributed by atoms with Crippen molar-refractivity contribution in [1.82, 2.24) is 10.6 Å². The molecular formula is C17H26N2O3. The number of aromatic hydroxyl groups is 1. The standard InChI is InChI=1S/C17H26N2O3/c1-4-11(2)17(3,22)10-18-16(21)19-14-9-8-13-12(14)6-5-7-15(13)20/h5-7,11,14,20,22H,4,8-10H2,1-3H3,(H2,18,19,21). The normalized spacial score (nSPS) is 20.8. The summed E-state index contributed by atoms with van der Waals surface area (Å²) in [6.45, 7) is 5.94. The van der Waals surface area contributed by atoms with E-state index in [-0.39, 0.29) is 24.5 Å². The molecule has 0 aliphatic heterocycles. The Labute approximate surface area is 131 Å². The van der Waals surface area contributed by atoms with Gasteiger partial charge in [-0.1, -0.05) is 32.4 Å². The summed E-state index contributed by atoms with van der Waals surface area (Å²) < 4.78 is 0. The van der Waals surface area contributed by atoms with Crippen molar-refractivity contribution in [2.24, 2.45) is 5.92 Å². The molecule has 0 saturated heterocycles. The van der Waals surface area contributed by atoms with Gasteiger partial charge in [0.05, 0.1) is 11.6 Å². The number of carbonyl (C=O) groups is 1. The van der Waals surface area contributed by atoms with Crippen LogP contribution in [0.2, 0.25) is 0 Å². The molecule has 3 unspecified atom stereocenters. The summed E-state index contributed by atoms with van der Waals surface area (Å²) in [5.74, 6) is 0.402. The van der Waals surface area contributed by atoms with Crippen LogP contribution in [0.1, 0.15) is 50.8 Å². The van der Waals surface area contributed by atoms with E-state index in [9.17, 15) is 15.0 Å². The predicted octanol–water partition coefficient (Wildman–Crippen LogP) is 2.48. The van der Waals surface area contributed by atoms with E-state index in [1.165, 1.54) is 0 Å². The highest BCUT2D eigenvalue weighted by atomic mass is 16.3. The number of amides is 2. The highest BCUT2D eigenvalue weighted by molar-refractivity contribution is 5.74. The van der Waals surface area contributed by atoms with Gasteiger partial charge in [0.15, 0.2) is 0 Å². The third kappa shape index (κ3) is 3.53. The molecule has 5 nitrogen and oxygen atoms in total. The Balaban J connectivity index is 1.91. The lowest BCUT2D eigenvalue weighted by atomic mass is 9.89. The maximum Gasteiger partial charge on any atom is 0.315 e. The van der Waals surface area contributed by atoms with Crippen molar-refractivity contribution in [2.75, 3.05) is 6.54 Å². The summed E-state index contributed by atoms with van der Waals surface area (Å²) >= 11 is 0. The van der Waals surface area contributed by atoms with Crippen molar-refractivity contribution >= 4 is 6.03 Å². The second-order valence-electron chi connectivity index (χ2n) is 6.43. The topological polar surface area (TPSA) is 81.6 Å². The second-order valence-corrected chi connectivity index (χ2v) is 6.43. The average Bonchev–Trinajstić information content (AvgIpc) is 2.89. The lowest BCUT2D eigenvalue weighted by molar-refractivity contribution is 0.00784. The van der Waals surface area contributed by atoms with Gasteiger partial charge in [0.25, 0.3) is 0 Å². The number of aliphatic hydroxyl groups is 1. The van der Waals surface area contributed by atoms with E-state index in [1.54, 1.807) is 19.1 Å². The van der Waals surface area contributed by atoms with Crippen LogP contribution < -0.4 is 10.6 Å². The fourth-order valence-electron chi connectivity index (χ4n) is 2.87. The number of urea groups is 1. The largest absolute Gasteiger partial charge is 0.508 e. The number of phenols is 1. The third-order valence-corrected chi connectivity index (χ3v) is 4.83. The van der Waals surface area contributed by atoms with Crippen LogP contribution in [0, 0.1) is 5.92 Å². The molecule has 3 atom stereocenters. The first kappa shape index (κ1) is 16.6. The minimum absolute atomic E-state index is 0.0874. The predicted molar refractivity (Wildman–Crippen MR) is 85.8 cm³/mol. The summed E-state index contributed by atoms with van der Waals surface area (Å²) in [6, 6.07) is 5.02. The summed E-state index contributed by atoms with van der Waals surface area (Å²) in [7, 11) is 0. The maximum atomic E-state index is 12.1. The average molecular weight is 306 g/mol. The van der Waals surface area contributed by atoms with Gasteiger partial charge in [-0.05, 0) is 42.9 Å². The molecule has 22 heavy (non-hydrogen) atoms. The molecule has 1 aliphatic carbocycles. The Morgan fingerprint density at radius 2 is 2.23 bits per heavy atom. The van der Waals surface area contributed by atoms with Crippen LogP contribution in [0.4, 0.5) is 4.79 Å². The van der Waals surface area contributed by atoms with Crippen LogP contribution in [0.5, 0.6) is 5.75 Å². The van der Waals surface area contributed by atoms with E-state index < -0.39 is 5.60 Å². The highest BCUT2D eigenvalue weighted by Gasteiger charge is 2.29. The Hall–Kier alpha value is -1.75. The van der Waals surface area contributed by atoms with Gasteiger partial charge >= 0.3 is 6.03 Å². The van der Waals surface area contributed by atoms with Gasteiger partial charge < -0.3 is 20.8 Å². The van der Waals surface area contributed by atoms with E-state index in [4.69, 9.17) is 0 Å². The van der Waals surface area contributed by atoms with E-state index in [0.29, 0.717) is 5.75 Å². The Morgan fingerprint density at radius 3 is 2.91 bits per heavy atom. The maximum absolute atomic E-state index is 12.1. The van der Waals surface area contributed by atoms with Crippen molar-refractivity contribution in [3.05, 3.63) is 29.3 Å². The van der Waals surface area contributed by atoms with Crippen LogP contribution in [-0.2, 0) is 6.42 Å². The van der Waals surface area contributed by atoms with Gasteiger partial charge in [-0.2, -0.15) is 0 Å². The first-order chi connectivity index (χ1) is 10.3. The van der Waals surface area contributed by atoms with Gasteiger partial charge in [-0.25, -0.2) is 4.79 Å². The van der Waals surface area contributed by atoms with Crippen molar-refractivity contribution in [1.29, 1.82) is 0 Å². The van der Waals surface area contributed by atoms with Gasteiger partial charge in [-0.3, -0.25) is 0 Å². The number of benzene rings is 1. The molecule has 5 heteroatoms. The molecule has 0 radical (unpaired) electrons. The quantitative estimate of drug-likeness (QED) is 0.674. The third-order valence-electron chi connectivity index (χ3n) is 4.83. The lowest BCUT2D eigenvalue weighted by Gasteiger charge is -2.30. The summed E-state index contributed by atoms with van der Waals surface area (Å²) in [4.78, 5) is 12.1. The van der Waals surface area contributed by atoms with Crippen LogP contribution >= 0.6 is 0 Å². The fourth-order valence-corrected chi connectivity index (χ4v) is 2.87. The Bertz CT molecular complexity index is 543. The number of fused-ring (bicyclic) bond motifs is 1. The van der Waals surface area contributed by atoms with Crippen LogP contribution in [0.15, 0.2) is 18.2 Å². The number of rotatable bonds is 5. The summed E-state index contributed by atoms with van der Waals surface area (Å²) in [5.41, 5.74) is 0.973. The fraction of sp³-hybridized carbons (Fsp3) is 0.588. The smallest absolute Gasteiger partial charge is 0.315 e. The second kappa shape index (κ2) is 6.57. The molecule has 122 valence electrons. The van der Waals surface area contributed by atoms with Crippen LogP contribution in [0.25, 0.3) is 0 Å². The zero-order valence-corrected chi connectivity index (χ0v) is 13.5. The van der Waals surface area contributed by atoms with Gasteiger partial charge in [-0.15, -0.1) is 0 Å². The molecule has 1 aliphatic rings. The summed E-state index contributed by atoms with van der Waals surface area (Å²) in [5, 5.41) is 25.8. The van der Waals surface area contributed by atoms with E-state index in [1.807, 2.05) is 19.9 Å². The number of hydrogen-bond acceptors (Lipinski definition) is 3. The lowest BCUT2D eigenvalue weighted by Crippen LogP contribution is -2.48. The van der Waals surface area contributed by atoms with Crippen LogP contribution in [0.3, 0.4) is 0 Å². The van der Waals surface area contributed by atoms with Crippen molar-refractivity contribution in [3.8, 4) is 5.75 Å². The molecule has 0 fully saturated rings. The highest BCUT2D eigenvalue weighted by Crippen LogP contribution is 2.36. The molecule has 0 aromatic heterocycles. The number of hydrogen-bond donors (Lipinski definition) is 4. The molecule has 0 bridgehead atoms. The van der Waals surface area contributed by atoms with Gasteiger partial charge in [0, 0.05) is 6.54 Å². The molecule has 2 rings (SSSR count). The SMILES string of the molecule is CCC(C)C(C)(O)CNC(=O)NC1CCc2c(O)cccc21. The molecule has 2 amide bonds. The zero-order chi connectivity index (χ0) is 16.3. The summed E-state index contributed by atoms with van der Waals surface area (Å²) in [6.07, 6.45) is 2.39. The number of phenolic OH excluding ortho intramolecular Hbond substituents is 1. The molecule has 0 spiro atoms.